The number of nitrogens with two attached hydrogens (primary N) is 1. The summed E-state index contributed by atoms with van der Waals surface area (Å²) in [5.41, 5.74) is 11.0. The van der Waals surface area contributed by atoms with Crippen LogP contribution in [0, 0.1) is 0 Å². The molecule has 0 unspecified atom stereocenters. The Kier molecular flexibility index (Phi) is 8.31. The van der Waals surface area contributed by atoms with Gasteiger partial charge in [0.25, 0.3) is 0 Å². The van der Waals surface area contributed by atoms with Crippen LogP contribution in [0.4, 0.5) is 5.69 Å². The van der Waals surface area contributed by atoms with Gasteiger partial charge in [-0.15, -0.1) is 0 Å². The van der Waals surface area contributed by atoms with Crippen LogP contribution in [0.2, 0.25) is 0 Å². The zero-order valence-corrected chi connectivity index (χ0v) is 17.5. The largest absolute Gasteiger partial charge is 0.483 e. The van der Waals surface area contributed by atoms with Gasteiger partial charge in [0.05, 0.1) is 12.8 Å². The molecular formula is C24H26ClN3O. The number of halogens is 1. The third-order valence-corrected chi connectivity index (χ3v) is 4.15. The number of benzene rings is 2. The standard InChI is InChI=1S/C24H26ClN3O/c1-17(10-8-15-23(26)29-4)16-27-18(2)24-21(20-11-6-5-7-12-20)13-9-14-22(24)28-19(3)25/h5-15,27H,1-2,16,26H2,3-4H3/b10-8-,23-15+,28-19?. The van der Waals surface area contributed by atoms with Crippen LogP contribution in [0.3, 0.4) is 0 Å². The lowest BCUT2D eigenvalue weighted by atomic mass is 9.96. The Hall–Kier alpha value is -3.24. The van der Waals surface area contributed by atoms with E-state index in [0.717, 1.165) is 33.6 Å². The van der Waals surface area contributed by atoms with Gasteiger partial charge in [0.15, 0.2) is 5.88 Å². The van der Waals surface area contributed by atoms with Crippen molar-refractivity contribution in [1.29, 1.82) is 0 Å². The molecule has 0 aliphatic heterocycles. The van der Waals surface area contributed by atoms with Gasteiger partial charge in [-0.25, -0.2) is 4.99 Å². The molecule has 0 aromatic heterocycles. The maximum absolute atomic E-state index is 6.06. The Labute approximate surface area is 177 Å². The minimum absolute atomic E-state index is 0.335. The average molecular weight is 408 g/mol. The van der Waals surface area contributed by atoms with Crippen molar-refractivity contribution in [3.63, 3.8) is 0 Å². The number of nitrogens with zero attached hydrogens (tertiary/aromatic N) is 1. The summed E-state index contributed by atoms with van der Waals surface area (Å²) in [6.45, 7) is 10.5. The number of hydrogen-bond acceptors (Lipinski definition) is 4. The molecule has 2 aromatic rings. The fraction of sp³-hybridized carbons (Fsp3) is 0.125. The Bertz CT molecular complexity index is 955. The van der Waals surface area contributed by atoms with Crippen molar-refractivity contribution in [2.24, 2.45) is 10.7 Å². The van der Waals surface area contributed by atoms with Crippen molar-refractivity contribution >= 4 is 28.2 Å². The van der Waals surface area contributed by atoms with Crippen molar-refractivity contribution in [2.45, 2.75) is 6.92 Å². The molecule has 29 heavy (non-hydrogen) atoms. The molecule has 5 heteroatoms. The lowest BCUT2D eigenvalue weighted by Crippen LogP contribution is -2.14. The number of aliphatic imine (C=N–C) groups is 1. The van der Waals surface area contributed by atoms with Crippen LogP contribution in [0.25, 0.3) is 16.8 Å². The number of nitrogens with one attached hydrogen (secondary N) is 1. The highest BCUT2D eigenvalue weighted by molar-refractivity contribution is 6.65. The predicted octanol–water partition coefficient (Wildman–Crippen LogP) is 5.76. The zero-order valence-electron chi connectivity index (χ0n) is 16.8. The second kappa shape index (κ2) is 10.9. The summed E-state index contributed by atoms with van der Waals surface area (Å²) in [5, 5.41) is 3.79. The van der Waals surface area contributed by atoms with E-state index in [1.54, 1.807) is 19.1 Å². The monoisotopic (exact) mass is 407 g/mol. The van der Waals surface area contributed by atoms with Crippen LogP contribution in [-0.2, 0) is 4.74 Å². The van der Waals surface area contributed by atoms with Crippen molar-refractivity contribution in [3.05, 3.63) is 96.9 Å². The maximum Gasteiger partial charge on any atom is 0.183 e. The second-order valence-electron chi connectivity index (χ2n) is 6.30. The van der Waals surface area contributed by atoms with E-state index in [4.69, 9.17) is 22.1 Å². The Morgan fingerprint density at radius 2 is 1.90 bits per heavy atom. The van der Waals surface area contributed by atoms with Crippen LogP contribution in [0.1, 0.15) is 12.5 Å². The highest BCUT2D eigenvalue weighted by Crippen LogP contribution is 2.35. The van der Waals surface area contributed by atoms with Crippen molar-refractivity contribution < 1.29 is 4.74 Å². The molecule has 0 atom stereocenters. The molecule has 0 heterocycles. The Balaban J connectivity index is 2.28. The van der Waals surface area contributed by atoms with Crippen LogP contribution >= 0.6 is 11.6 Å². The fourth-order valence-electron chi connectivity index (χ4n) is 2.69. The molecule has 2 rings (SSSR count). The van der Waals surface area contributed by atoms with Gasteiger partial charge in [-0.05, 0) is 35.8 Å². The van der Waals surface area contributed by atoms with Crippen molar-refractivity contribution in [3.8, 4) is 11.1 Å². The summed E-state index contributed by atoms with van der Waals surface area (Å²) in [6.07, 6.45) is 5.31. The quantitative estimate of drug-likeness (QED) is 0.315. The van der Waals surface area contributed by atoms with Gasteiger partial charge in [0, 0.05) is 17.8 Å². The maximum atomic E-state index is 6.06. The average Bonchev–Trinajstić information content (AvgIpc) is 2.72. The molecule has 0 aliphatic carbocycles. The molecule has 3 N–H and O–H groups in total. The summed E-state index contributed by atoms with van der Waals surface area (Å²) >= 11 is 6.06. The molecule has 0 amide bonds. The van der Waals surface area contributed by atoms with Gasteiger partial charge in [0.1, 0.15) is 5.17 Å². The molecule has 0 radical (unpaired) electrons. The molecule has 150 valence electrons. The Morgan fingerprint density at radius 3 is 2.55 bits per heavy atom. The molecule has 0 spiro atoms. The summed E-state index contributed by atoms with van der Waals surface area (Å²) in [6, 6.07) is 16.0. The van der Waals surface area contributed by atoms with Crippen LogP contribution in [0.15, 0.2) is 96.4 Å². The van der Waals surface area contributed by atoms with E-state index in [2.05, 4.69) is 35.6 Å². The summed E-state index contributed by atoms with van der Waals surface area (Å²) < 4.78 is 4.89. The van der Waals surface area contributed by atoms with E-state index in [-0.39, 0.29) is 0 Å². The van der Waals surface area contributed by atoms with E-state index in [0.29, 0.717) is 17.6 Å². The molecule has 0 bridgehead atoms. The number of hydrogen-bond donors (Lipinski definition) is 2. The highest BCUT2D eigenvalue weighted by atomic mass is 35.5. The zero-order chi connectivity index (χ0) is 21.2. The number of methoxy groups -OCH3 is 1. The van der Waals surface area contributed by atoms with E-state index in [1.807, 2.05) is 42.5 Å². The lowest BCUT2D eigenvalue weighted by molar-refractivity contribution is 0.287. The minimum Gasteiger partial charge on any atom is -0.483 e. The van der Waals surface area contributed by atoms with Crippen LogP contribution < -0.4 is 11.1 Å². The summed E-state index contributed by atoms with van der Waals surface area (Å²) in [7, 11) is 1.52. The molecule has 0 aliphatic rings. The third-order valence-electron chi connectivity index (χ3n) is 4.06. The van der Waals surface area contributed by atoms with Crippen molar-refractivity contribution in [1.82, 2.24) is 5.32 Å². The third kappa shape index (κ3) is 6.70. The lowest BCUT2D eigenvalue weighted by Gasteiger charge is -2.17. The van der Waals surface area contributed by atoms with Gasteiger partial charge in [-0.3, -0.25) is 0 Å². The van der Waals surface area contributed by atoms with E-state index in [1.165, 1.54) is 7.11 Å². The molecular weight excluding hydrogens is 382 g/mol. The van der Waals surface area contributed by atoms with Gasteiger partial charge < -0.3 is 15.8 Å². The molecule has 4 nitrogen and oxygen atoms in total. The number of ether oxygens (including phenoxy) is 1. The molecule has 0 saturated heterocycles. The van der Waals surface area contributed by atoms with Gasteiger partial charge in [-0.2, -0.15) is 0 Å². The highest BCUT2D eigenvalue weighted by Gasteiger charge is 2.13. The van der Waals surface area contributed by atoms with E-state index < -0.39 is 0 Å². The normalized spacial score (nSPS) is 12.1. The number of rotatable bonds is 9. The SMILES string of the molecule is C=C(/C=C\C=C(/N)OC)CNC(=C)c1c(N=C(C)Cl)cccc1-c1ccccc1. The first-order chi connectivity index (χ1) is 13.9. The van der Waals surface area contributed by atoms with Crippen molar-refractivity contribution in [2.75, 3.05) is 13.7 Å². The smallest absolute Gasteiger partial charge is 0.183 e. The first kappa shape index (κ1) is 22.1. The van der Waals surface area contributed by atoms with Crippen LogP contribution in [-0.4, -0.2) is 18.8 Å². The first-order valence-corrected chi connectivity index (χ1v) is 9.48. The number of allylic oxidation sites excluding steroid dienone is 2. The second-order valence-corrected chi connectivity index (χ2v) is 6.84. The van der Waals surface area contributed by atoms with Gasteiger partial charge >= 0.3 is 0 Å². The van der Waals surface area contributed by atoms with E-state index >= 15 is 0 Å². The molecule has 0 saturated carbocycles. The summed E-state index contributed by atoms with van der Waals surface area (Å²) in [4.78, 5) is 4.48. The van der Waals surface area contributed by atoms with Gasteiger partial charge in [-0.1, -0.05) is 79.4 Å². The van der Waals surface area contributed by atoms with E-state index in [9.17, 15) is 0 Å². The Morgan fingerprint density at radius 1 is 1.17 bits per heavy atom. The minimum atomic E-state index is 0.335. The topological polar surface area (TPSA) is 59.6 Å². The first-order valence-electron chi connectivity index (χ1n) is 9.10. The van der Waals surface area contributed by atoms with Gasteiger partial charge in [0.2, 0.25) is 0 Å². The summed E-state index contributed by atoms with van der Waals surface area (Å²) in [5.74, 6) is 0.335. The fourth-order valence-corrected chi connectivity index (χ4v) is 2.78. The molecule has 0 fully saturated rings. The predicted molar refractivity (Wildman–Crippen MR) is 125 cm³/mol. The van der Waals surface area contributed by atoms with Crippen LogP contribution in [0.5, 0.6) is 0 Å². The molecule has 2 aromatic carbocycles.